The van der Waals surface area contributed by atoms with Gasteiger partial charge in [-0.3, -0.25) is 0 Å². The molecule has 290 valence electrons. The average Bonchev–Trinajstić information content (AvgIpc) is 3.84. The highest BCUT2D eigenvalue weighted by molar-refractivity contribution is 6.98. The van der Waals surface area contributed by atoms with Gasteiger partial charge in [-0.05, 0) is 80.7 Å². The Morgan fingerprint density at radius 1 is 0.419 bits per heavy atom. The summed E-state index contributed by atoms with van der Waals surface area (Å²) in [5.74, 6) is 1.87. The van der Waals surface area contributed by atoms with E-state index in [4.69, 9.17) is 4.74 Å². The minimum Gasteiger partial charge on any atom is -0.458 e. The number of fused-ring (bicyclic) bond motifs is 12. The predicted octanol–water partition coefficient (Wildman–Crippen LogP) is 11.8. The molecule has 0 N–H and O–H groups in total. The van der Waals surface area contributed by atoms with Gasteiger partial charge in [-0.2, -0.15) is 0 Å². The van der Waals surface area contributed by atoms with E-state index < -0.39 is 5.41 Å². The standard InChI is InChI=1S/C58H39BN2O/c1-57(2)43-25-11-12-27-47(43)59-48-28-13-16-31-53(48)62-54-33-38(32-46(57)55(54)59)60-49-29-14-10-23-40(49)42-34-45-52(35-51(42)60)61-50-30-15-9-22-39(50)41-24-17-26-44(56(41)61)58(45,36-18-5-3-6-19-36)37-20-7-4-8-21-37/h3-35H,1-2H3. The molecule has 5 heterocycles. The molecule has 0 fully saturated rings. The molecule has 0 spiro atoms. The van der Waals surface area contributed by atoms with Crippen molar-refractivity contribution in [3.63, 3.8) is 0 Å². The lowest BCUT2D eigenvalue weighted by Crippen LogP contribution is -2.62. The molecule has 62 heavy (non-hydrogen) atoms. The van der Waals surface area contributed by atoms with E-state index in [0.717, 1.165) is 17.2 Å². The van der Waals surface area contributed by atoms with Crippen LogP contribution in [0.2, 0.25) is 0 Å². The van der Waals surface area contributed by atoms with E-state index in [1.807, 2.05) is 0 Å². The quantitative estimate of drug-likeness (QED) is 0.163. The van der Waals surface area contributed by atoms with E-state index in [1.54, 1.807) is 0 Å². The van der Waals surface area contributed by atoms with E-state index in [2.05, 4.69) is 223 Å². The summed E-state index contributed by atoms with van der Waals surface area (Å²) in [5, 5.41) is 4.98. The molecule has 0 saturated carbocycles. The van der Waals surface area contributed by atoms with E-state index in [0.29, 0.717) is 0 Å². The Bertz CT molecular complexity index is 3670. The van der Waals surface area contributed by atoms with Gasteiger partial charge in [0.2, 0.25) is 0 Å². The lowest BCUT2D eigenvalue weighted by atomic mass is 9.30. The topological polar surface area (TPSA) is 19.1 Å². The maximum atomic E-state index is 7.01. The Morgan fingerprint density at radius 2 is 1.02 bits per heavy atom. The first-order chi connectivity index (χ1) is 30.5. The Balaban J connectivity index is 1.14. The minimum absolute atomic E-state index is 0.0991. The van der Waals surface area contributed by atoms with E-state index in [1.165, 1.54) is 99.1 Å². The van der Waals surface area contributed by atoms with Crippen molar-refractivity contribution in [2.24, 2.45) is 0 Å². The fraction of sp³-hybridized carbons (Fsp3) is 0.0690. The molecule has 4 heteroatoms. The molecule has 0 radical (unpaired) electrons. The Kier molecular flexibility index (Phi) is 6.65. The molecule has 3 aliphatic rings. The number of ether oxygens (including phenoxy) is 1. The molecule has 14 rings (SSSR count). The first-order valence-electron chi connectivity index (χ1n) is 21.8. The molecule has 3 nitrogen and oxygen atoms in total. The minimum atomic E-state index is -0.594. The first-order valence-corrected chi connectivity index (χ1v) is 21.8. The van der Waals surface area contributed by atoms with Crippen LogP contribution in [0, 0.1) is 0 Å². The molecule has 0 atom stereocenters. The summed E-state index contributed by atoms with van der Waals surface area (Å²) in [7, 11) is 0. The van der Waals surface area contributed by atoms with Crippen molar-refractivity contribution < 1.29 is 4.74 Å². The van der Waals surface area contributed by atoms with Gasteiger partial charge >= 0.3 is 0 Å². The summed E-state index contributed by atoms with van der Waals surface area (Å²) < 4.78 is 12.1. The largest absolute Gasteiger partial charge is 0.458 e. The number of benzene rings is 9. The van der Waals surface area contributed by atoms with Gasteiger partial charge in [0.25, 0.3) is 6.71 Å². The van der Waals surface area contributed by atoms with Crippen LogP contribution in [0.25, 0.3) is 55.0 Å². The van der Waals surface area contributed by atoms with Gasteiger partial charge in [0, 0.05) is 33.0 Å². The summed E-state index contributed by atoms with van der Waals surface area (Å²) in [6, 6.07) is 74.7. The third kappa shape index (κ3) is 4.17. The highest BCUT2D eigenvalue weighted by Crippen LogP contribution is 2.55. The van der Waals surface area contributed by atoms with Gasteiger partial charge < -0.3 is 13.9 Å². The van der Waals surface area contributed by atoms with Gasteiger partial charge in [-0.15, -0.1) is 0 Å². The maximum absolute atomic E-state index is 7.01. The number of hydrogen-bond acceptors (Lipinski definition) is 1. The van der Waals surface area contributed by atoms with Gasteiger partial charge in [-0.25, -0.2) is 0 Å². The van der Waals surface area contributed by atoms with Crippen LogP contribution < -0.4 is 21.1 Å². The predicted molar refractivity (Wildman–Crippen MR) is 257 cm³/mol. The monoisotopic (exact) mass is 790 g/mol. The van der Waals surface area contributed by atoms with E-state index in [9.17, 15) is 0 Å². The van der Waals surface area contributed by atoms with Crippen LogP contribution >= 0.6 is 0 Å². The molecule has 0 amide bonds. The van der Waals surface area contributed by atoms with Crippen LogP contribution in [-0.2, 0) is 10.8 Å². The molecule has 0 aliphatic carbocycles. The fourth-order valence-corrected chi connectivity index (χ4v) is 12.2. The molecule has 0 saturated heterocycles. The van der Waals surface area contributed by atoms with Crippen LogP contribution in [0.15, 0.2) is 200 Å². The third-order valence-corrected chi connectivity index (χ3v) is 14.7. The molecule has 3 aliphatic heterocycles. The number of rotatable bonds is 3. The molecule has 0 unspecified atom stereocenters. The lowest BCUT2D eigenvalue weighted by Gasteiger charge is -2.42. The van der Waals surface area contributed by atoms with Gasteiger partial charge in [0.15, 0.2) is 0 Å². The van der Waals surface area contributed by atoms with Crippen molar-refractivity contribution in [3.05, 3.63) is 234 Å². The zero-order valence-corrected chi connectivity index (χ0v) is 34.4. The number of hydrogen-bond donors (Lipinski definition) is 0. The number of nitrogens with zero attached hydrogens (tertiary/aromatic N) is 2. The van der Waals surface area contributed by atoms with Crippen LogP contribution in [0.4, 0.5) is 0 Å². The highest BCUT2D eigenvalue weighted by atomic mass is 16.5. The molecule has 0 bridgehead atoms. The van der Waals surface area contributed by atoms with Crippen molar-refractivity contribution in [2.45, 2.75) is 24.7 Å². The number of para-hydroxylation sites is 4. The van der Waals surface area contributed by atoms with Crippen molar-refractivity contribution in [3.8, 4) is 22.9 Å². The summed E-state index contributed by atoms with van der Waals surface area (Å²) in [5.41, 5.74) is 17.9. The van der Waals surface area contributed by atoms with Crippen LogP contribution in [0.5, 0.6) is 11.5 Å². The fourth-order valence-electron chi connectivity index (χ4n) is 12.2. The van der Waals surface area contributed by atoms with Gasteiger partial charge in [0.05, 0.1) is 38.9 Å². The maximum Gasteiger partial charge on any atom is 0.251 e. The average molecular weight is 791 g/mol. The van der Waals surface area contributed by atoms with E-state index in [-0.39, 0.29) is 12.1 Å². The second-order valence-electron chi connectivity index (χ2n) is 18.0. The first kappa shape index (κ1) is 34.2. The normalized spacial score (nSPS) is 15.0. The summed E-state index contributed by atoms with van der Waals surface area (Å²) in [4.78, 5) is 0. The highest BCUT2D eigenvalue weighted by Gasteiger charge is 2.47. The Labute approximate surface area is 360 Å². The van der Waals surface area contributed by atoms with Crippen LogP contribution in [-0.4, -0.2) is 15.8 Å². The molecular weight excluding hydrogens is 751 g/mol. The summed E-state index contributed by atoms with van der Waals surface area (Å²) in [6.45, 7) is 4.87. The molecular formula is C58H39BN2O. The van der Waals surface area contributed by atoms with Crippen molar-refractivity contribution in [2.75, 3.05) is 0 Å². The zero-order valence-electron chi connectivity index (χ0n) is 34.4. The number of aromatic nitrogens is 2. The van der Waals surface area contributed by atoms with E-state index >= 15 is 0 Å². The van der Waals surface area contributed by atoms with Crippen molar-refractivity contribution >= 4 is 66.7 Å². The lowest BCUT2D eigenvalue weighted by molar-refractivity contribution is 0.484. The Hall–Kier alpha value is -7.56. The summed E-state index contributed by atoms with van der Waals surface area (Å²) in [6.07, 6.45) is 0. The second kappa shape index (κ2) is 12.1. The second-order valence-corrected chi connectivity index (χ2v) is 18.0. The van der Waals surface area contributed by atoms with Crippen LogP contribution in [0.3, 0.4) is 0 Å². The smallest absolute Gasteiger partial charge is 0.251 e. The summed E-state index contributed by atoms with van der Waals surface area (Å²) >= 11 is 0. The molecule has 2 aromatic heterocycles. The van der Waals surface area contributed by atoms with Crippen molar-refractivity contribution in [1.29, 1.82) is 0 Å². The van der Waals surface area contributed by atoms with Gasteiger partial charge in [0.1, 0.15) is 11.5 Å². The van der Waals surface area contributed by atoms with Gasteiger partial charge in [-0.1, -0.05) is 177 Å². The SMILES string of the molecule is CC1(C)c2ccccc2B2c3ccccc3Oc3cc(-n4c5ccccc5c5cc6c(cc54)-n4c5ccccc5c5cccc(c54)C6(c4ccccc4)c4ccccc4)cc1c32. The zero-order chi connectivity index (χ0) is 40.9. The van der Waals surface area contributed by atoms with Crippen molar-refractivity contribution in [1.82, 2.24) is 9.13 Å². The molecule has 9 aromatic carbocycles. The molecule has 11 aromatic rings. The Morgan fingerprint density at radius 3 is 1.77 bits per heavy atom. The third-order valence-electron chi connectivity index (χ3n) is 14.7. The van der Waals surface area contributed by atoms with Crippen LogP contribution in [0.1, 0.15) is 47.2 Å².